The van der Waals surface area contributed by atoms with E-state index in [1.165, 1.54) is 30.4 Å². The first-order valence-electron chi connectivity index (χ1n) is 10.4. The van der Waals surface area contributed by atoms with Gasteiger partial charge in [-0.1, -0.05) is 61.4 Å². The number of nitrogens with one attached hydrogen (secondary N) is 1. The number of benzene rings is 1. The Kier molecular flexibility index (Phi) is 4.25. The maximum absolute atomic E-state index is 6.55. The van der Waals surface area contributed by atoms with Gasteiger partial charge in [0.05, 0.1) is 0 Å². The summed E-state index contributed by atoms with van der Waals surface area (Å²) in [7, 11) is 0. The van der Waals surface area contributed by atoms with Crippen LogP contribution in [0.25, 0.3) is 0 Å². The van der Waals surface area contributed by atoms with Gasteiger partial charge in [-0.3, -0.25) is 0 Å². The second-order valence-corrected chi connectivity index (χ2v) is 9.40. The van der Waals surface area contributed by atoms with Crippen LogP contribution < -0.4 is 5.32 Å². The Hall–Kier alpha value is -1.51. The predicted molar refractivity (Wildman–Crippen MR) is 113 cm³/mol. The summed E-state index contributed by atoms with van der Waals surface area (Å²) in [6.07, 6.45) is 6.99. The molecule has 3 heteroatoms. The van der Waals surface area contributed by atoms with Crippen molar-refractivity contribution < 1.29 is 0 Å². The van der Waals surface area contributed by atoms with Crippen molar-refractivity contribution in [1.82, 2.24) is 10.2 Å². The number of allylic oxidation sites excluding steroid dienone is 3. The van der Waals surface area contributed by atoms with Crippen molar-refractivity contribution >= 4 is 11.6 Å². The molecule has 0 spiro atoms. The molecule has 1 N–H and O–H groups in total. The van der Waals surface area contributed by atoms with Crippen molar-refractivity contribution in [1.29, 1.82) is 0 Å². The molecule has 0 fully saturated rings. The number of rotatable bonds is 3. The third-order valence-corrected chi connectivity index (χ3v) is 7.86. The van der Waals surface area contributed by atoms with E-state index in [-0.39, 0.29) is 5.41 Å². The highest BCUT2D eigenvalue weighted by Gasteiger charge is 2.51. The summed E-state index contributed by atoms with van der Waals surface area (Å²) in [6, 6.07) is 11.5. The Bertz CT molecular complexity index is 850. The van der Waals surface area contributed by atoms with Gasteiger partial charge in [-0.15, -0.1) is 0 Å². The molecular formula is C24H29ClN2. The van der Waals surface area contributed by atoms with Gasteiger partial charge in [-0.05, 0) is 54.4 Å². The van der Waals surface area contributed by atoms with E-state index in [0.29, 0.717) is 12.0 Å². The molecule has 1 aromatic carbocycles. The van der Waals surface area contributed by atoms with Crippen LogP contribution in [0.4, 0.5) is 0 Å². The van der Waals surface area contributed by atoms with Crippen LogP contribution in [-0.2, 0) is 6.42 Å². The lowest BCUT2D eigenvalue weighted by Crippen LogP contribution is -2.50. The van der Waals surface area contributed by atoms with Crippen LogP contribution in [-0.4, -0.2) is 30.6 Å². The van der Waals surface area contributed by atoms with Gasteiger partial charge in [0.2, 0.25) is 0 Å². The van der Waals surface area contributed by atoms with Gasteiger partial charge in [0, 0.05) is 41.8 Å². The number of hydrogen-bond donors (Lipinski definition) is 1. The first kappa shape index (κ1) is 17.6. The van der Waals surface area contributed by atoms with Gasteiger partial charge >= 0.3 is 0 Å². The van der Waals surface area contributed by atoms with E-state index in [4.69, 9.17) is 11.6 Å². The summed E-state index contributed by atoms with van der Waals surface area (Å²) in [5.41, 5.74) is 8.01. The van der Waals surface area contributed by atoms with E-state index >= 15 is 0 Å². The van der Waals surface area contributed by atoms with E-state index in [2.05, 4.69) is 60.5 Å². The van der Waals surface area contributed by atoms with E-state index in [1.54, 1.807) is 16.8 Å². The molecular weight excluding hydrogens is 352 g/mol. The highest BCUT2D eigenvalue weighted by Crippen LogP contribution is 2.56. The Morgan fingerprint density at radius 2 is 2.04 bits per heavy atom. The molecule has 27 heavy (non-hydrogen) atoms. The minimum atomic E-state index is 0.215. The first-order chi connectivity index (χ1) is 13.1. The SMILES string of the molecule is CC1C2CC3=C(CCC4=C3C=C(Cl)CNCC41C)N2CCc1ccccc1. The third-order valence-electron chi connectivity index (χ3n) is 7.61. The maximum atomic E-state index is 6.55. The Morgan fingerprint density at radius 1 is 1.22 bits per heavy atom. The smallest absolute Gasteiger partial charge is 0.0362 e. The molecule has 3 unspecified atom stereocenters. The topological polar surface area (TPSA) is 15.3 Å². The minimum absolute atomic E-state index is 0.215. The molecule has 0 saturated heterocycles. The van der Waals surface area contributed by atoms with Crippen molar-refractivity contribution in [3.63, 3.8) is 0 Å². The van der Waals surface area contributed by atoms with Crippen molar-refractivity contribution in [3.05, 3.63) is 69.4 Å². The van der Waals surface area contributed by atoms with Gasteiger partial charge in [-0.25, -0.2) is 0 Å². The summed E-state index contributed by atoms with van der Waals surface area (Å²) in [6.45, 7) is 7.94. The lowest BCUT2D eigenvalue weighted by molar-refractivity contribution is 0.111. The molecule has 2 heterocycles. The van der Waals surface area contributed by atoms with Crippen LogP contribution in [0.3, 0.4) is 0 Å². The summed E-state index contributed by atoms with van der Waals surface area (Å²) in [5.74, 6) is 0.631. The molecule has 1 aromatic rings. The molecule has 2 aliphatic carbocycles. The molecule has 5 rings (SSSR count). The van der Waals surface area contributed by atoms with E-state index < -0.39 is 0 Å². The molecule has 3 atom stereocenters. The van der Waals surface area contributed by atoms with E-state index in [9.17, 15) is 0 Å². The van der Waals surface area contributed by atoms with Gasteiger partial charge in [0.25, 0.3) is 0 Å². The van der Waals surface area contributed by atoms with Gasteiger partial charge in [0.15, 0.2) is 0 Å². The summed E-state index contributed by atoms with van der Waals surface area (Å²) < 4.78 is 0. The summed E-state index contributed by atoms with van der Waals surface area (Å²) >= 11 is 6.55. The van der Waals surface area contributed by atoms with Crippen molar-refractivity contribution in [3.8, 4) is 0 Å². The highest BCUT2D eigenvalue weighted by atomic mass is 35.5. The Balaban J connectivity index is 1.56. The minimum Gasteiger partial charge on any atom is -0.371 e. The van der Waals surface area contributed by atoms with Crippen LogP contribution in [0, 0.1) is 11.3 Å². The zero-order valence-electron chi connectivity index (χ0n) is 16.4. The van der Waals surface area contributed by atoms with Crippen molar-refractivity contribution in [2.24, 2.45) is 11.3 Å². The van der Waals surface area contributed by atoms with Crippen LogP contribution in [0.2, 0.25) is 0 Å². The molecule has 0 amide bonds. The number of likely N-dealkylation sites (tertiary alicyclic amines) is 1. The Labute approximate surface area is 168 Å². The molecule has 2 nitrogen and oxygen atoms in total. The van der Waals surface area contributed by atoms with Crippen molar-refractivity contribution in [2.45, 2.75) is 45.6 Å². The zero-order valence-corrected chi connectivity index (χ0v) is 17.1. The normalized spacial score (nSPS) is 32.4. The second-order valence-electron chi connectivity index (χ2n) is 8.92. The number of halogens is 1. The van der Waals surface area contributed by atoms with Crippen LogP contribution in [0.1, 0.15) is 38.7 Å². The van der Waals surface area contributed by atoms with Crippen LogP contribution >= 0.6 is 11.6 Å². The molecule has 2 aliphatic heterocycles. The third kappa shape index (κ3) is 2.72. The average Bonchev–Trinajstić information content (AvgIpc) is 3.01. The average molecular weight is 381 g/mol. The second kappa shape index (κ2) is 6.53. The number of hydrogen-bond acceptors (Lipinski definition) is 2. The zero-order chi connectivity index (χ0) is 18.6. The Morgan fingerprint density at radius 3 is 2.85 bits per heavy atom. The summed E-state index contributed by atoms with van der Waals surface area (Å²) in [4.78, 5) is 2.77. The molecule has 0 saturated carbocycles. The van der Waals surface area contributed by atoms with E-state index in [0.717, 1.165) is 31.1 Å². The van der Waals surface area contributed by atoms with Crippen molar-refractivity contribution in [2.75, 3.05) is 19.6 Å². The van der Waals surface area contributed by atoms with Crippen LogP contribution in [0.5, 0.6) is 0 Å². The first-order valence-corrected chi connectivity index (χ1v) is 10.8. The number of nitrogens with zero attached hydrogens (tertiary/aromatic N) is 1. The number of fused-ring (bicyclic) bond motifs is 1. The predicted octanol–water partition coefficient (Wildman–Crippen LogP) is 5.03. The monoisotopic (exact) mass is 380 g/mol. The fraction of sp³-hybridized carbons (Fsp3) is 0.500. The lowest BCUT2D eigenvalue weighted by atomic mass is 9.65. The quantitative estimate of drug-likeness (QED) is 0.791. The standard InChI is InChI=1S/C24H29ClN2/c1-16-23-13-20-19-12-18(25)14-26-15-24(16,2)21(19)8-9-22(20)27(23)11-10-17-6-4-3-5-7-17/h3-7,12,16,23,26H,8-11,13-15H2,1-2H3. The fourth-order valence-electron chi connectivity index (χ4n) is 5.96. The maximum Gasteiger partial charge on any atom is 0.0362 e. The molecule has 142 valence electrons. The molecule has 4 aliphatic rings. The van der Waals surface area contributed by atoms with Crippen LogP contribution in [0.15, 0.2) is 63.9 Å². The molecule has 0 radical (unpaired) electrons. The molecule has 0 aromatic heterocycles. The van der Waals surface area contributed by atoms with Gasteiger partial charge in [-0.2, -0.15) is 0 Å². The largest absolute Gasteiger partial charge is 0.371 e. The summed E-state index contributed by atoms with van der Waals surface area (Å²) in [5, 5.41) is 4.59. The van der Waals surface area contributed by atoms with Gasteiger partial charge < -0.3 is 10.2 Å². The lowest BCUT2D eigenvalue weighted by Gasteiger charge is -2.48. The fourth-order valence-corrected chi connectivity index (χ4v) is 6.16. The molecule has 5 bridgehead atoms. The van der Waals surface area contributed by atoms with E-state index in [1.807, 2.05) is 0 Å². The highest BCUT2D eigenvalue weighted by molar-refractivity contribution is 6.30. The van der Waals surface area contributed by atoms with Gasteiger partial charge in [0.1, 0.15) is 0 Å².